The molecule has 1 N–H and O–H groups in total. The molecule has 0 radical (unpaired) electrons. The zero-order chi connectivity index (χ0) is 24.6. The molecule has 176 valence electrons. The first-order valence-corrected chi connectivity index (χ1v) is 12.5. The van der Waals surface area contributed by atoms with E-state index in [4.69, 9.17) is 16.3 Å². The Kier molecular flexibility index (Phi) is 6.94. The second kappa shape index (κ2) is 9.60. The second-order valence-electron chi connectivity index (χ2n) is 7.59. The number of methoxy groups -OCH3 is 1. The Balaban J connectivity index is 1.55. The Morgan fingerprint density at radius 1 is 1.26 bits per heavy atom. The van der Waals surface area contributed by atoms with Crippen molar-refractivity contribution in [3.63, 3.8) is 0 Å². The monoisotopic (exact) mass is 684 g/mol. The Hall–Kier alpha value is -2.55. The number of ether oxygens (including phenoxy) is 1. The number of pyridine rings is 1. The minimum absolute atomic E-state index is 0.0200. The summed E-state index contributed by atoms with van der Waals surface area (Å²) in [6, 6.07) is 8.85. The summed E-state index contributed by atoms with van der Waals surface area (Å²) in [6.45, 7) is 3.45. The van der Waals surface area contributed by atoms with E-state index in [1.807, 2.05) is 24.1 Å². The molecule has 0 bridgehead atoms. The van der Waals surface area contributed by atoms with Crippen LogP contribution in [0.3, 0.4) is 0 Å². The van der Waals surface area contributed by atoms with Crippen LogP contribution < -0.4 is 10.3 Å². The number of carbonyl (C=O) groups is 1. The summed E-state index contributed by atoms with van der Waals surface area (Å²) in [5.41, 5.74) is 0.638. The number of amides is 1. The fourth-order valence-electron chi connectivity index (χ4n) is 3.66. The van der Waals surface area contributed by atoms with E-state index >= 15 is 0 Å². The third-order valence-corrected chi connectivity index (χ3v) is 7.33. The molecule has 1 aromatic carbocycles. The number of carbonyl (C=O) groups excluding carboxylic acids is 1. The fourth-order valence-corrected chi connectivity index (χ4v) is 4.88. The van der Waals surface area contributed by atoms with Crippen LogP contribution in [0.1, 0.15) is 27.3 Å². The number of anilines is 1. The van der Waals surface area contributed by atoms with Gasteiger partial charge in [0.25, 0.3) is 0 Å². The third-order valence-electron chi connectivity index (χ3n) is 5.25. The number of fused-ring (bicyclic) bond motifs is 1. The predicted octanol–water partition coefficient (Wildman–Crippen LogP) is 3.37. The van der Waals surface area contributed by atoms with Gasteiger partial charge in [-0.25, -0.2) is 4.98 Å². The van der Waals surface area contributed by atoms with E-state index in [0.29, 0.717) is 38.6 Å². The van der Waals surface area contributed by atoms with Gasteiger partial charge >= 0.3 is 146 Å². The van der Waals surface area contributed by atoms with Crippen molar-refractivity contribution < 1.29 is 22.7 Å². The number of halogens is 4. The molecule has 34 heavy (non-hydrogen) atoms. The molecular formula is C21H19ClF3N6O2Tl. The molecule has 8 nitrogen and oxygen atoms in total. The first-order chi connectivity index (χ1) is 16.1. The molecule has 13 heteroatoms. The van der Waals surface area contributed by atoms with Crippen molar-refractivity contribution in [1.82, 2.24) is 17.4 Å². The number of nitrogens with one attached hydrogen (secondary N) is 1. The van der Waals surface area contributed by atoms with E-state index in [1.54, 1.807) is 13.2 Å². The third kappa shape index (κ3) is 4.94. The normalized spacial score (nSPS) is 14.3. The van der Waals surface area contributed by atoms with Gasteiger partial charge in [0, 0.05) is 6.20 Å². The van der Waals surface area contributed by atoms with Gasteiger partial charge in [-0.1, -0.05) is 11.6 Å². The number of hydrogen-bond acceptors (Lipinski definition) is 6. The number of rotatable bonds is 4. The summed E-state index contributed by atoms with van der Waals surface area (Å²) in [4.78, 5) is 16.4. The average Bonchev–Trinajstić information content (AvgIpc) is 3.17. The van der Waals surface area contributed by atoms with E-state index in [9.17, 15) is 18.0 Å². The molecule has 0 saturated heterocycles. The van der Waals surface area contributed by atoms with E-state index in [1.165, 1.54) is 18.3 Å². The molecule has 3 aromatic rings. The molecule has 0 saturated carbocycles. The molecule has 0 atom stereocenters. The zero-order valence-electron chi connectivity index (χ0n) is 18.2. The number of hydrazone groups is 1. The number of aromatic nitrogens is 2. The van der Waals surface area contributed by atoms with Crippen LogP contribution in [0.15, 0.2) is 41.6 Å². The van der Waals surface area contributed by atoms with E-state index in [0.717, 1.165) is 27.8 Å². The standard InChI is InChI=1S/C21H20ClF3N6O2.Tl/c1-12-9-13(3-5-15(12)31-8-7-26-20(29-31)33-2)10-27-19(32)17-18(21(23,24)25)28-16-6-4-14(22)11-30(16)17;/h3-6,9,11H,7-8,10H2,1-2H3,(H2,26,27,29,32);/q;+1/p-1. The first kappa shape index (κ1) is 24.6. The van der Waals surface area contributed by atoms with Gasteiger partial charge in [0.05, 0.1) is 5.02 Å². The van der Waals surface area contributed by atoms with Crippen molar-refractivity contribution in [2.75, 3.05) is 25.2 Å². The summed E-state index contributed by atoms with van der Waals surface area (Å²) in [5.74, 6) is -0.901. The van der Waals surface area contributed by atoms with Gasteiger partial charge in [-0.05, 0) is 12.1 Å². The number of benzene rings is 1. The Morgan fingerprint density at radius 2 is 2.03 bits per heavy atom. The molecule has 4 rings (SSSR count). The molecule has 1 amide bonds. The molecule has 0 aliphatic carbocycles. The number of hydrogen-bond donors (Lipinski definition) is 1. The predicted molar refractivity (Wildman–Crippen MR) is 122 cm³/mol. The van der Waals surface area contributed by atoms with E-state index in [2.05, 4.69) is 18.1 Å². The number of aryl methyl sites for hydroxylation is 1. The molecule has 0 fully saturated rings. The topological polar surface area (TPSA) is 74.5 Å². The van der Waals surface area contributed by atoms with Crippen LogP contribution in [0.25, 0.3) is 5.65 Å². The van der Waals surface area contributed by atoms with E-state index in [-0.39, 0.29) is 17.2 Å². The summed E-state index contributed by atoms with van der Waals surface area (Å²) < 4.78 is 49.1. The molecule has 1 aliphatic rings. The van der Waals surface area contributed by atoms with Gasteiger partial charge in [0.1, 0.15) is 5.65 Å². The van der Waals surface area contributed by atoms with Crippen LogP contribution in [0, 0.1) is 6.92 Å². The first-order valence-electron chi connectivity index (χ1n) is 10.1. The van der Waals surface area contributed by atoms with Crippen molar-refractivity contribution in [2.24, 2.45) is 5.10 Å². The molecule has 1 aliphatic heterocycles. The molecule has 3 heterocycles. The summed E-state index contributed by atoms with van der Waals surface area (Å²) in [5, 5.41) is 9.13. The van der Waals surface area contributed by atoms with Gasteiger partial charge < -0.3 is 0 Å². The molecule has 0 unspecified atom stereocenters. The van der Waals surface area contributed by atoms with E-state index < -0.39 is 23.5 Å². The van der Waals surface area contributed by atoms with Gasteiger partial charge in [-0.2, -0.15) is 13.2 Å². The number of nitrogens with zero attached hydrogens (tertiary/aromatic N) is 5. The van der Waals surface area contributed by atoms with Gasteiger partial charge in [0.15, 0.2) is 5.69 Å². The van der Waals surface area contributed by atoms with Gasteiger partial charge in [-0.3, -0.25) is 4.40 Å². The van der Waals surface area contributed by atoms with Crippen molar-refractivity contribution in [1.29, 1.82) is 0 Å². The van der Waals surface area contributed by atoms with Crippen LogP contribution in [-0.4, -0.2) is 70.3 Å². The molecular weight excluding hydrogens is 665 g/mol. The SMILES string of the molecule is COC1=NN(c2ccc(CNC(=O)c3c(C(F)(F)F)nc4ccc(Cl)cn34)cc2C)CC[N]1[Tl]. The number of amidine groups is 1. The Morgan fingerprint density at radius 3 is 2.71 bits per heavy atom. The zero-order valence-corrected chi connectivity index (χ0v) is 23.5. The van der Waals surface area contributed by atoms with Crippen LogP contribution in [0.4, 0.5) is 18.9 Å². The quantitative estimate of drug-likeness (QED) is 0.428. The van der Waals surface area contributed by atoms with Crippen molar-refractivity contribution in [3.8, 4) is 0 Å². The number of alkyl halides is 3. The summed E-state index contributed by atoms with van der Waals surface area (Å²) in [6.07, 6.45) is -3.56. The maximum atomic E-state index is 13.5. The summed E-state index contributed by atoms with van der Waals surface area (Å²) >= 11 is 6.51. The van der Waals surface area contributed by atoms with Crippen LogP contribution in [0.5, 0.6) is 0 Å². The molecule has 2 aromatic heterocycles. The van der Waals surface area contributed by atoms with Crippen LogP contribution in [0.2, 0.25) is 5.02 Å². The molecule has 0 spiro atoms. The fraction of sp³-hybridized carbons (Fsp3) is 0.286. The number of imidazole rings is 1. The van der Waals surface area contributed by atoms with Crippen LogP contribution in [-0.2, 0) is 17.5 Å². The minimum atomic E-state index is -4.80. The maximum absolute atomic E-state index is 13.5. The van der Waals surface area contributed by atoms with Crippen molar-refractivity contribution in [2.45, 2.75) is 19.6 Å². The average molecular weight is 684 g/mol. The van der Waals surface area contributed by atoms with Crippen molar-refractivity contribution >= 4 is 60.9 Å². The van der Waals surface area contributed by atoms with Gasteiger partial charge in [0.2, 0.25) is 0 Å². The van der Waals surface area contributed by atoms with Crippen LogP contribution >= 0.6 is 11.6 Å². The van der Waals surface area contributed by atoms with Crippen molar-refractivity contribution in [3.05, 3.63) is 64.1 Å². The summed E-state index contributed by atoms with van der Waals surface area (Å²) in [7, 11) is 1.58. The van der Waals surface area contributed by atoms with Gasteiger partial charge in [-0.15, -0.1) is 0 Å². The Bertz CT molecular complexity index is 1280. The Labute approximate surface area is 214 Å². The second-order valence-corrected chi connectivity index (χ2v) is 10.4.